The van der Waals surface area contributed by atoms with E-state index < -0.39 is 0 Å². The molecule has 0 aliphatic carbocycles. The van der Waals surface area contributed by atoms with Crippen molar-refractivity contribution >= 4 is 5.91 Å². The topological polar surface area (TPSA) is 88.5 Å². The Morgan fingerprint density at radius 3 is 3.00 bits per heavy atom. The summed E-state index contributed by atoms with van der Waals surface area (Å²) in [7, 11) is 0. The second kappa shape index (κ2) is 4.98. The average Bonchev–Trinajstić information content (AvgIpc) is 3.00. The molecule has 0 fully saturated rings. The molecule has 0 atom stereocenters. The van der Waals surface area contributed by atoms with Crippen LogP contribution in [0.4, 0.5) is 0 Å². The van der Waals surface area contributed by atoms with E-state index in [1.165, 1.54) is 0 Å². The van der Waals surface area contributed by atoms with Gasteiger partial charge in [0.25, 0.3) is 5.91 Å². The summed E-state index contributed by atoms with van der Waals surface area (Å²) in [5.74, 6) is 1.16. The van der Waals surface area contributed by atoms with Crippen molar-refractivity contribution in [1.29, 1.82) is 0 Å². The monoisotopic (exact) mass is 288 g/mol. The molecule has 7 nitrogen and oxygen atoms in total. The average molecular weight is 288 g/mol. The highest BCUT2D eigenvalue weighted by atomic mass is 16.1. The minimum atomic E-state index is -0.125. The number of rotatable bonds is 3. The normalized spacial score (nSPS) is 17.2. The molecule has 0 saturated carbocycles. The van der Waals surface area contributed by atoms with Crippen molar-refractivity contribution in [2.24, 2.45) is 5.41 Å². The summed E-state index contributed by atoms with van der Waals surface area (Å²) >= 11 is 0. The predicted octanol–water partition coefficient (Wildman–Crippen LogP) is 1.39. The molecule has 1 aliphatic heterocycles. The fourth-order valence-corrected chi connectivity index (χ4v) is 2.62. The number of aromatic nitrogens is 5. The van der Waals surface area contributed by atoms with Crippen molar-refractivity contribution in [3.8, 4) is 11.6 Å². The maximum atomic E-state index is 12.2. The fraction of sp³-hybridized carbons (Fsp3) is 0.571. The lowest BCUT2D eigenvalue weighted by Gasteiger charge is -2.21. The molecule has 21 heavy (non-hydrogen) atoms. The van der Waals surface area contributed by atoms with Gasteiger partial charge in [-0.1, -0.05) is 20.8 Å². The number of hydrogen-bond acceptors (Lipinski definition) is 4. The Kier molecular flexibility index (Phi) is 3.27. The van der Waals surface area contributed by atoms with Gasteiger partial charge in [-0.15, -0.1) is 10.2 Å². The van der Waals surface area contributed by atoms with Crippen LogP contribution in [0.25, 0.3) is 11.6 Å². The van der Waals surface area contributed by atoms with Gasteiger partial charge >= 0.3 is 0 Å². The van der Waals surface area contributed by atoms with E-state index in [0.29, 0.717) is 23.9 Å². The third-order valence-electron chi connectivity index (χ3n) is 3.67. The van der Waals surface area contributed by atoms with E-state index in [2.05, 4.69) is 46.3 Å². The van der Waals surface area contributed by atoms with Gasteiger partial charge < -0.3 is 14.9 Å². The second-order valence-corrected chi connectivity index (χ2v) is 6.28. The lowest BCUT2D eigenvalue weighted by Crippen LogP contribution is -2.32. The number of amides is 1. The highest BCUT2D eigenvalue weighted by Crippen LogP contribution is 2.27. The highest BCUT2D eigenvalue weighted by Gasteiger charge is 2.30. The van der Waals surface area contributed by atoms with Gasteiger partial charge in [-0.05, 0) is 18.3 Å². The van der Waals surface area contributed by atoms with Crippen LogP contribution in [0.5, 0.6) is 0 Å². The van der Waals surface area contributed by atoms with Crippen molar-refractivity contribution in [2.45, 2.75) is 40.2 Å². The van der Waals surface area contributed by atoms with E-state index in [0.717, 1.165) is 25.1 Å². The maximum absolute atomic E-state index is 12.2. The van der Waals surface area contributed by atoms with Gasteiger partial charge in [-0.3, -0.25) is 4.79 Å². The van der Waals surface area contributed by atoms with E-state index in [9.17, 15) is 4.79 Å². The Morgan fingerprint density at radius 2 is 2.24 bits per heavy atom. The first-order chi connectivity index (χ1) is 10.00. The molecule has 0 unspecified atom stereocenters. The third-order valence-corrected chi connectivity index (χ3v) is 3.67. The van der Waals surface area contributed by atoms with Crippen molar-refractivity contribution in [3.63, 3.8) is 0 Å². The van der Waals surface area contributed by atoms with Gasteiger partial charge in [-0.25, -0.2) is 4.98 Å². The molecule has 0 aromatic carbocycles. The molecule has 1 aliphatic rings. The first kappa shape index (κ1) is 13.8. The largest absolute Gasteiger partial charge is 0.350 e. The molecule has 2 N–H and O–H groups in total. The standard InChI is InChI=1S/C14H20N6O/c1-4-5-20-8-16-19-12(20)11-17-9-6-14(2,3)7-15-13(21)10(9)18-11/h8H,4-7H2,1-3H3,(H,15,21)(H,17,18). The van der Waals surface area contributed by atoms with E-state index in [1.807, 2.05) is 4.57 Å². The molecular weight excluding hydrogens is 268 g/mol. The van der Waals surface area contributed by atoms with Crippen LogP contribution in [0, 0.1) is 5.41 Å². The minimum absolute atomic E-state index is 0.00179. The lowest BCUT2D eigenvalue weighted by molar-refractivity contribution is 0.0940. The zero-order valence-corrected chi connectivity index (χ0v) is 12.6. The number of hydrogen-bond donors (Lipinski definition) is 2. The summed E-state index contributed by atoms with van der Waals surface area (Å²) in [6.07, 6.45) is 3.45. The number of nitrogens with one attached hydrogen (secondary N) is 2. The number of H-pyrrole nitrogens is 1. The molecule has 3 rings (SSSR count). The number of carbonyl (C=O) groups is 1. The lowest BCUT2D eigenvalue weighted by atomic mass is 9.88. The molecule has 3 heterocycles. The SMILES string of the molecule is CCCn1cnnc1-c1nc2c([nH]1)CC(C)(C)CNC2=O. The van der Waals surface area contributed by atoms with Gasteiger partial charge in [-0.2, -0.15) is 0 Å². The predicted molar refractivity (Wildman–Crippen MR) is 77.7 cm³/mol. The van der Waals surface area contributed by atoms with E-state index >= 15 is 0 Å². The first-order valence-electron chi connectivity index (χ1n) is 7.25. The summed E-state index contributed by atoms with van der Waals surface area (Å²) in [6.45, 7) is 7.82. The van der Waals surface area contributed by atoms with E-state index in [4.69, 9.17) is 0 Å². The molecule has 0 bridgehead atoms. The molecule has 0 saturated heterocycles. The van der Waals surface area contributed by atoms with E-state index in [-0.39, 0.29) is 11.3 Å². The Balaban J connectivity index is 2.02. The van der Waals surface area contributed by atoms with Crippen LogP contribution >= 0.6 is 0 Å². The number of aromatic amines is 1. The van der Waals surface area contributed by atoms with Gasteiger partial charge in [0.1, 0.15) is 12.0 Å². The Morgan fingerprint density at radius 1 is 1.43 bits per heavy atom. The summed E-state index contributed by atoms with van der Waals surface area (Å²) in [4.78, 5) is 19.9. The quantitative estimate of drug-likeness (QED) is 0.893. The summed E-state index contributed by atoms with van der Waals surface area (Å²) < 4.78 is 1.95. The molecule has 1 amide bonds. The van der Waals surface area contributed by atoms with Crippen LogP contribution in [0.1, 0.15) is 43.4 Å². The first-order valence-corrected chi connectivity index (χ1v) is 7.25. The third kappa shape index (κ3) is 2.55. The number of nitrogens with zero attached hydrogens (tertiary/aromatic N) is 4. The number of imidazole rings is 1. The molecule has 0 spiro atoms. The maximum Gasteiger partial charge on any atom is 0.271 e. The van der Waals surface area contributed by atoms with Crippen molar-refractivity contribution in [1.82, 2.24) is 30.0 Å². The van der Waals surface area contributed by atoms with Gasteiger partial charge in [0.15, 0.2) is 11.6 Å². The molecule has 2 aromatic rings. The summed E-state index contributed by atoms with van der Waals surface area (Å²) in [5.41, 5.74) is 1.35. The van der Waals surface area contributed by atoms with Crippen LogP contribution in [0.2, 0.25) is 0 Å². The van der Waals surface area contributed by atoms with Gasteiger partial charge in [0.2, 0.25) is 0 Å². The Labute approximate surface area is 123 Å². The fourth-order valence-electron chi connectivity index (χ4n) is 2.62. The molecule has 2 aromatic heterocycles. The Bertz CT molecular complexity index is 669. The highest BCUT2D eigenvalue weighted by molar-refractivity contribution is 5.94. The summed E-state index contributed by atoms with van der Waals surface area (Å²) in [5, 5.41) is 11.0. The number of aryl methyl sites for hydroxylation is 1. The zero-order valence-electron chi connectivity index (χ0n) is 12.6. The Hall–Kier alpha value is -2.18. The molecule has 7 heteroatoms. The van der Waals surface area contributed by atoms with Gasteiger partial charge in [0, 0.05) is 18.8 Å². The van der Waals surface area contributed by atoms with Crippen LogP contribution < -0.4 is 5.32 Å². The van der Waals surface area contributed by atoms with Crippen molar-refractivity contribution in [2.75, 3.05) is 6.54 Å². The smallest absolute Gasteiger partial charge is 0.271 e. The molecular formula is C14H20N6O. The van der Waals surface area contributed by atoms with Crippen LogP contribution in [0.3, 0.4) is 0 Å². The number of fused-ring (bicyclic) bond motifs is 1. The van der Waals surface area contributed by atoms with Crippen LogP contribution in [-0.4, -0.2) is 37.2 Å². The molecule has 112 valence electrons. The number of carbonyl (C=O) groups excluding carboxylic acids is 1. The van der Waals surface area contributed by atoms with Crippen LogP contribution in [-0.2, 0) is 13.0 Å². The van der Waals surface area contributed by atoms with Crippen molar-refractivity contribution in [3.05, 3.63) is 17.7 Å². The summed E-state index contributed by atoms with van der Waals surface area (Å²) in [6, 6.07) is 0. The minimum Gasteiger partial charge on any atom is -0.350 e. The zero-order chi connectivity index (χ0) is 15.0. The van der Waals surface area contributed by atoms with E-state index in [1.54, 1.807) is 6.33 Å². The molecule has 0 radical (unpaired) electrons. The second-order valence-electron chi connectivity index (χ2n) is 6.28. The van der Waals surface area contributed by atoms with Crippen LogP contribution in [0.15, 0.2) is 6.33 Å². The van der Waals surface area contributed by atoms with Gasteiger partial charge in [0.05, 0.1) is 0 Å². The van der Waals surface area contributed by atoms with Crippen molar-refractivity contribution < 1.29 is 4.79 Å².